The van der Waals surface area contributed by atoms with E-state index in [9.17, 15) is 0 Å². The molecular formula is C15H32Si. The van der Waals surface area contributed by atoms with Crippen LogP contribution < -0.4 is 5.19 Å². The van der Waals surface area contributed by atoms with Crippen LogP contribution in [-0.2, 0) is 0 Å². The van der Waals surface area contributed by atoms with Gasteiger partial charge in [-0.3, -0.25) is 0 Å². The van der Waals surface area contributed by atoms with Gasteiger partial charge in [0.05, 0.1) is 8.07 Å². The van der Waals surface area contributed by atoms with E-state index in [0.29, 0.717) is 0 Å². The molecule has 0 spiro atoms. The lowest BCUT2D eigenvalue weighted by Gasteiger charge is -2.15. The second kappa shape index (κ2) is 12.5. The molecule has 0 aliphatic heterocycles. The van der Waals surface area contributed by atoms with E-state index in [4.69, 9.17) is 0 Å². The predicted octanol–water partition coefficient (Wildman–Crippen LogP) is 5.31. The Balaban J connectivity index is -0.000000246. The maximum atomic E-state index is 2.36. The van der Waals surface area contributed by atoms with Crippen molar-refractivity contribution in [3.8, 4) is 0 Å². The number of rotatable bonds is 1. The molecule has 1 aromatic carbocycles. The second-order valence-corrected chi connectivity index (χ2v) is 9.40. The molecule has 0 bridgehead atoms. The van der Waals surface area contributed by atoms with Gasteiger partial charge in [0.2, 0.25) is 0 Å². The third-order valence-electron chi connectivity index (χ3n) is 1.64. The van der Waals surface area contributed by atoms with E-state index in [0.717, 1.165) is 0 Å². The molecule has 0 fully saturated rings. The predicted molar refractivity (Wildman–Crippen MR) is 83.5 cm³/mol. The van der Waals surface area contributed by atoms with E-state index in [1.807, 2.05) is 13.8 Å². The summed E-state index contributed by atoms with van der Waals surface area (Å²) in [6, 6.07) is 10.8. The molecule has 0 saturated carbocycles. The van der Waals surface area contributed by atoms with Gasteiger partial charge in [-0.1, -0.05) is 96.7 Å². The number of hydrogen-bond donors (Lipinski definition) is 0. The van der Waals surface area contributed by atoms with Crippen molar-refractivity contribution in [1.82, 2.24) is 0 Å². The summed E-state index contributed by atoms with van der Waals surface area (Å²) in [6.45, 7) is 15.3. The van der Waals surface area contributed by atoms with Crippen molar-refractivity contribution in [3.05, 3.63) is 30.3 Å². The summed E-state index contributed by atoms with van der Waals surface area (Å²) in [4.78, 5) is 0. The van der Waals surface area contributed by atoms with Gasteiger partial charge in [-0.15, -0.1) is 0 Å². The monoisotopic (exact) mass is 240 g/mol. The van der Waals surface area contributed by atoms with Gasteiger partial charge in [0.15, 0.2) is 0 Å². The molecule has 0 N–H and O–H groups in total. The molecule has 1 rings (SSSR count). The maximum Gasteiger partial charge on any atom is 0.0775 e. The Labute approximate surface area is 105 Å². The second-order valence-electron chi connectivity index (χ2n) is 4.32. The van der Waals surface area contributed by atoms with Crippen LogP contribution in [0.1, 0.15) is 41.5 Å². The van der Waals surface area contributed by atoms with E-state index in [2.05, 4.69) is 63.8 Å². The van der Waals surface area contributed by atoms with Crippen molar-refractivity contribution in [3.63, 3.8) is 0 Å². The third-order valence-corrected chi connectivity index (χ3v) is 3.71. The molecular weight excluding hydrogens is 208 g/mol. The zero-order valence-electron chi connectivity index (χ0n) is 11.6. The smallest absolute Gasteiger partial charge is 0.0775 e. The van der Waals surface area contributed by atoms with Crippen LogP contribution in [0, 0.1) is 0 Å². The minimum absolute atomic E-state index is 0. The quantitative estimate of drug-likeness (QED) is 0.584. The van der Waals surface area contributed by atoms with E-state index in [1.54, 1.807) is 0 Å². The summed E-state index contributed by atoms with van der Waals surface area (Å²) in [6.07, 6.45) is 1.25. The fourth-order valence-electron chi connectivity index (χ4n) is 0.938. The highest BCUT2D eigenvalue weighted by atomic mass is 28.3. The lowest BCUT2D eigenvalue weighted by Crippen LogP contribution is -2.37. The standard InChI is InChI=1S/C9H14Si.C3H8.C2H6.CH4/c1-10(2,3)9-7-5-4-6-8-9;1-3-2;1-2;/h4-8H,1-3H3;3H2,1-2H3;1-2H3;1H4. The first-order valence-electron chi connectivity index (χ1n) is 6.07. The van der Waals surface area contributed by atoms with Crippen LogP contribution >= 0.6 is 0 Å². The van der Waals surface area contributed by atoms with Crippen LogP contribution in [0.4, 0.5) is 0 Å². The van der Waals surface area contributed by atoms with Crippen molar-refractivity contribution in [2.45, 2.75) is 61.2 Å². The highest BCUT2D eigenvalue weighted by molar-refractivity contribution is 6.88. The van der Waals surface area contributed by atoms with Crippen molar-refractivity contribution < 1.29 is 0 Å². The number of benzene rings is 1. The Bertz CT molecular complexity index is 209. The van der Waals surface area contributed by atoms with Gasteiger partial charge in [0.25, 0.3) is 0 Å². The van der Waals surface area contributed by atoms with Crippen LogP contribution in [0.3, 0.4) is 0 Å². The minimum Gasteiger partial charge on any atom is -0.0776 e. The highest BCUT2D eigenvalue weighted by Crippen LogP contribution is 2.00. The average Bonchev–Trinajstić information content (AvgIpc) is 2.22. The Hall–Kier alpha value is -0.563. The fourth-order valence-corrected chi connectivity index (χ4v) is 2.13. The molecule has 0 radical (unpaired) electrons. The molecule has 0 saturated heterocycles. The summed E-state index contributed by atoms with van der Waals surface area (Å²) in [7, 11) is -1.03. The molecule has 16 heavy (non-hydrogen) atoms. The molecule has 0 nitrogen and oxygen atoms in total. The summed E-state index contributed by atoms with van der Waals surface area (Å²) in [5.41, 5.74) is 0. The molecule has 1 aromatic rings. The third kappa shape index (κ3) is 11.5. The molecule has 0 aliphatic carbocycles. The van der Waals surface area contributed by atoms with Gasteiger partial charge in [0.1, 0.15) is 0 Å². The summed E-state index contributed by atoms with van der Waals surface area (Å²) in [5, 5.41) is 1.54. The van der Waals surface area contributed by atoms with Crippen LogP contribution in [-0.4, -0.2) is 8.07 Å². The Morgan fingerprint density at radius 1 is 0.875 bits per heavy atom. The molecule has 0 aromatic heterocycles. The van der Waals surface area contributed by atoms with Crippen LogP contribution in [0.5, 0.6) is 0 Å². The topological polar surface area (TPSA) is 0 Å². The first-order valence-corrected chi connectivity index (χ1v) is 9.57. The fraction of sp³-hybridized carbons (Fsp3) is 0.600. The van der Waals surface area contributed by atoms with E-state index >= 15 is 0 Å². The van der Waals surface area contributed by atoms with Gasteiger partial charge in [-0.05, 0) is 0 Å². The van der Waals surface area contributed by atoms with Crippen molar-refractivity contribution in [2.75, 3.05) is 0 Å². The summed E-state index contributed by atoms with van der Waals surface area (Å²) >= 11 is 0. The SMILES string of the molecule is C.CC.CCC.C[Si](C)(C)c1ccccc1. The summed E-state index contributed by atoms with van der Waals surface area (Å²) < 4.78 is 0. The first kappa shape index (κ1) is 20.8. The zero-order valence-corrected chi connectivity index (χ0v) is 12.6. The molecule has 1 heteroatoms. The minimum atomic E-state index is -1.03. The Morgan fingerprint density at radius 3 is 1.38 bits per heavy atom. The van der Waals surface area contributed by atoms with Crippen LogP contribution in [0.25, 0.3) is 0 Å². The van der Waals surface area contributed by atoms with E-state index in [-0.39, 0.29) is 7.43 Å². The van der Waals surface area contributed by atoms with Crippen LogP contribution in [0.2, 0.25) is 19.6 Å². The molecule has 0 atom stereocenters. The molecule has 0 aliphatic rings. The normalized spacial score (nSPS) is 8.69. The lowest BCUT2D eigenvalue weighted by molar-refractivity contribution is 1.09. The van der Waals surface area contributed by atoms with Gasteiger partial charge in [-0.2, -0.15) is 0 Å². The van der Waals surface area contributed by atoms with Crippen molar-refractivity contribution in [2.24, 2.45) is 0 Å². The maximum absolute atomic E-state index is 2.36. The Morgan fingerprint density at radius 2 is 1.19 bits per heavy atom. The van der Waals surface area contributed by atoms with E-state index in [1.165, 1.54) is 11.6 Å². The van der Waals surface area contributed by atoms with E-state index < -0.39 is 8.07 Å². The lowest BCUT2D eigenvalue weighted by atomic mass is 10.4. The van der Waals surface area contributed by atoms with Gasteiger partial charge < -0.3 is 0 Å². The molecule has 0 unspecified atom stereocenters. The van der Waals surface area contributed by atoms with Gasteiger partial charge >= 0.3 is 0 Å². The molecule has 0 amide bonds. The summed E-state index contributed by atoms with van der Waals surface area (Å²) in [5.74, 6) is 0. The first-order chi connectivity index (χ1) is 7.02. The van der Waals surface area contributed by atoms with Gasteiger partial charge in [0, 0.05) is 0 Å². The highest BCUT2D eigenvalue weighted by Gasteiger charge is 2.14. The molecule has 96 valence electrons. The number of hydrogen-bond acceptors (Lipinski definition) is 0. The Kier molecular flexibility index (Phi) is 16.3. The van der Waals surface area contributed by atoms with Crippen molar-refractivity contribution >= 4 is 13.3 Å². The largest absolute Gasteiger partial charge is 0.0776 e. The molecule has 0 heterocycles. The average molecular weight is 241 g/mol. The van der Waals surface area contributed by atoms with Crippen molar-refractivity contribution in [1.29, 1.82) is 0 Å². The van der Waals surface area contributed by atoms with Crippen LogP contribution in [0.15, 0.2) is 30.3 Å². The van der Waals surface area contributed by atoms with Gasteiger partial charge in [-0.25, -0.2) is 0 Å². The zero-order chi connectivity index (χ0) is 12.3.